The predicted molar refractivity (Wildman–Crippen MR) is 67.0 cm³/mol. The Hall–Kier alpha value is -1.55. The van der Waals surface area contributed by atoms with Crippen LogP contribution in [0.5, 0.6) is 0 Å². The molecule has 0 fully saturated rings. The Bertz CT molecular complexity index is 377. The molecule has 0 heterocycles. The fraction of sp³-hybridized carbons (Fsp3) is 0.462. The molecule has 0 saturated heterocycles. The number of hydrogen-bond donors (Lipinski definition) is 1. The summed E-state index contributed by atoms with van der Waals surface area (Å²) in [5.74, 6) is -0.340. The normalized spacial score (nSPS) is 10.2. The van der Waals surface area contributed by atoms with Crippen LogP contribution in [0.1, 0.15) is 29.3 Å². The van der Waals surface area contributed by atoms with Crippen molar-refractivity contribution in [1.29, 1.82) is 0 Å². The van der Waals surface area contributed by atoms with E-state index in [1.807, 2.05) is 13.8 Å². The number of esters is 1. The number of anilines is 1. The van der Waals surface area contributed by atoms with Crippen molar-refractivity contribution in [3.63, 3.8) is 0 Å². The zero-order chi connectivity index (χ0) is 12.7. The second-order valence-electron chi connectivity index (χ2n) is 3.82. The van der Waals surface area contributed by atoms with Gasteiger partial charge in [0.25, 0.3) is 0 Å². The summed E-state index contributed by atoms with van der Waals surface area (Å²) in [6.45, 7) is 5.30. The van der Waals surface area contributed by atoms with Crippen LogP contribution >= 0.6 is 0 Å². The second kappa shape index (κ2) is 6.91. The van der Waals surface area contributed by atoms with Gasteiger partial charge in [-0.25, -0.2) is 4.79 Å². The van der Waals surface area contributed by atoms with Crippen LogP contribution in [0.15, 0.2) is 18.2 Å². The van der Waals surface area contributed by atoms with Gasteiger partial charge in [-0.1, -0.05) is 6.92 Å². The number of carbonyl (C=O) groups excluding carboxylic acids is 1. The molecule has 4 nitrogen and oxygen atoms in total. The first-order valence-electron chi connectivity index (χ1n) is 5.76. The minimum Gasteiger partial charge on any atom is -0.460 e. The highest BCUT2D eigenvalue weighted by molar-refractivity contribution is 5.90. The van der Waals surface area contributed by atoms with Crippen molar-refractivity contribution in [2.24, 2.45) is 0 Å². The molecule has 0 spiro atoms. The minimum atomic E-state index is -0.340. The molecule has 1 rings (SSSR count). The molecule has 4 heteroatoms. The van der Waals surface area contributed by atoms with Gasteiger partial charge in [0.15, 0.2) is 0 Å². The van der Waals surface area contributed by atoms with Gasteiger partial charge in [0.1, 0.15) is 6.61 Å². The lowest BCUT2D eigenvalue weighted by molar-refractivity contribution is 0.0318. The number of nitrogens with two attached hydrogens (primary N) is 1. The van der Waals surface area contributed by atoms with E-state index in [0.717, 1.165) is 12.0 Å². The number of aryl methyl sites for hydroxylation is 1. The summed E-state index contributed by atoms with van der Waals surface area (Å²) in [5, 5.41) is 0. The Kier molecular flexibility index (Phi) is 5.49. The predicted octanol–water partition coefficient (Wildman–Crippen LogP) is 2.16. The van der Waals surface area contributed by atoms with Crippen LogP contribution in [-0.4, -0.2) is 25.8 Å². The molecule has 0 aromatic heterocycles. The van der Waals surface area contributed by atoms with Gasteiger partial charge in [-0.05, 0) is 37.1 Å². The molecule has 0 aliphatic rings. The summed E-state index contributed by atoms with van der Waals surface area (Å²) in [5.41, 5.74) is 7.74. The Morgan fingerprint density at radius 1 is 1.29 bits per heavy atom. The van der Waals surface area contributed by atoms with Gasteiger partial charge >= 0.3 is 5.97 Å². The molecule has 1 aromatic rings. The van der Waals surface area contributed by atoms with Gasteiger partial charge in [0.05, 0.1) is 12.2 Å². The molecule has 17 heavy (non-hydrogen) atoms. The van der Waals surface area contributed by atoms with Crippen molar-refractivity contribution in [1.82, 2.24) is 0 Å². The summed E-state index contributed by atoms with van der Waals surface area (Å²) in [6.07, 6.45) is 0.963. The fourth-order valence-electron chi connectivity index (χ4n) is 1.33. The molecular formula is C13H19NO3. The largest absolute Gasteiger partial charge is 0.460 e. The number of hydrogen-bond acceptors (Lipinski definition) is 4. The number of rotatable bonds is 6. The maximum absolute atomic E-state index is 11.6. The zero-order valence-corrected chi connectivity index (χ0v) is 10.4. The summed E-state index contributed by atoms with van der Waals surface area (Å²) < 4.78 is 10.3. The van der Waals surface area contributed by atoms with E-state index < -0.39 is 0 Å². The Labute approximate surface area is 102 Å². The van der Waals surface area contributed by atoms with Crippen molar-refractivity contribution in [2.45, 2.75) is 20.3 Å². The first-order chi connectivity index (χ1) is 8.15. The summed E-state index contributed by atoms with van der Waals surface area (Å²) in [4.78, 5) is 11.6. The third-order valence-corrected chi connectivity index (χ3v) is 2.31. The molecule has 0 amide bonds. The van der Waals surface area contributed by atoms with Gasteiger partial charge < -0.3 is 15.2 Å². The average Bonchev–Trinajstić information content (AvgIpc) is 2.32. The zero-order valence-electron chi connectivity index (χ0n) is 10.4. The molecule has 2 N–H and O–H groups in total. The number of ether oxygens (including phenoxy) is 2. The Morgan fingerprint density at radius 2 is 2.06 bits per heavy atom. The number of benzene rings is 1. The smallest absolute Gasteiger partial charge is 0.338 e. The van der Waals surface area contributed by atoms with Crippen LogP contribution in [0.25, 0.3) is 0 Å². The molecule has 0 aliphatic carbocycles. The molecule has 0 bridgehead atoms. The SMILES string of the molecule is CCCOCCOC(=O)c1ccc(N)c(C)c1. The van der Waals surface area contributed by atoms with Crippen LogP contribution in [0.3, 0.4) is 0 Å². The molecule has 1 aromatic carbocycles. The van der Waals surface area contributed by atoms with Gasteiger partial charge in [0.2, 0.25) is 0 Å². The quantitative estimate of drug-likeness (QED) is 0.468. The number of carbonyl (C=O) groups is 1. The van der Waals surface area contributed by atoms with E-state index in [0.29, 0.717) is 24.5 Å². The van der Waals surface area contributed by atoms with Crippen molar-refractivity contribution in [3.8, 4) is 0 Å². The van der Waals surface area contributed by atoms with Crippen molar-refractivity contribution in [2.75, 3.05) is 25.6 Å². The van der Waals surface area contributed by atoms with E-state index in [2.05, 4.69) is 0 Å². The molecule has 94 valence electrons. The van der Waals surface area contributed by atoms with Crippen molar-refractivity contribution < 1.29 is 14.3 Å². The maximum atomic E-state index is 11.6. The van der Waals surface area contributed by atoms with Gasteiger partial charge in [-0.15, -0.1) is 0 Å². The van der Waals surface area contributed by atoms with Crippen molar-refractivity contribution in [3.05, 3.63) is 29.3 Å². The lowest BCUT2D eigenvalue weighted by atomic mass is 10.1. The lowest BCUT2D eigenvalue weighted by Crippen LogP contribution is -2.11. The van der Waals surface area contributed by atoms with Crippen LogP contribution < -0.4 is 5.73 Å². The summed E-state index contributed by atoms with van der Waals surface area (Å²) in [7, 11) is 0. The third kappa shape index (κ3) is 4.44. The van der Waals surface area contributed by atoms with E-state index in [4.69, 9.17) is 15.2 Å². The highest BCUT2D eigenvalue weighted by Crippen LogP contribution is 2.13. The topological polar surface area (TPSA) is 61.5 Å². The molecule has 0 saturated carbocycles. The first-order valence-corrected chi connectivity index (χ1v) is 5.76. The minimum absolute atomic E-state index is 0.280. The van der Waals surface area contributed by atoms with Crippen molar-refractivity contribution >= 4 is 11.7 Å². The fourth-order valence-corrected chi connectivity index (χ4v) is 1.33. The highest BCUT2D eigenvalue weighted by atomic mass is 16.6. The summed E-state index contributed by atoms with van der Waals surface area (Å²) in [6, 6.07) is 5.10. The lowest BCUT2D eigenvalue weighted by Gasteiger charge is -2.07. The summed E-state index contributed by atoms with van der Waals surface area (Å²) >= 11 is 0. The average molecular weight is 237 g/mol. The van der Waals surface area contributed by atoms with Gasteiger partial charge in [0, 0.05) is 12.3 Å². The van der Waals surface area contributed by atoms with E-state index in [-0.39, 0.29) is 12.6 Å². The molecule has 0 radical (unpaired) electrons. The molecule has 0 aliphatic heterocycles. The van der Waals surface area contributed by atoms with E-state index in [1.54, 1.807) is 18.2 Å². The molecular weight excluding hydrogens is 218 g/mol. The highest BCUT2D eigenvalue weighted by Gasteiger charge is 2.07. The van der Waals surface area contributed by atoms with Crippen LogP contribution in [0.4, 0.5) is 5.69 Å². The van der Waals surface area contributed by atoms with Gasteiger partial charge in [-0.3, -0.25) is 0 Å². The first kappa shape index (κ1) is 13.5. The number of nitrogen functional groups attached to an aromatic ring is 1. The van der Waals surface area contributed by atoms with Gasteiger partial charge in [-0.2, -0.15) is 0 Å². The van der Waals surface area contributed by atoms with Crippen LogP contribution in [0.2, 0.25) is 0 Å². The monoisotopic (exact) mass is 237 g/mol. The molecule has 0 unspecified atom stereocenters. The standard InChI is InChI=1S/C13H19NO3/c1-3-6-16-7-8-17-13(15)11-4-5-12(14)10(2)9-11/h4-5,9H,3,6-8,14H2,1-2H3. The van der Waals surface area contributed by atoms with Crippen LogP contribution in [-0.2, 0) is 9.47 Å². The Morgan fingerprint density at radius 3 is 2.71 bits per heavy atom. The maximum Gasteiger partial charge on any atom is 0.338 e. The van der Waals surface area contributed by atoms with E-state index in [9.17, 15) is 4.79 Å². The third-order valence-electron chi connectivity index (χ3n) is 2.31. The molecule has 0 atom stereocenters. The van der Waals surface area contributed by atoms with Crippen LogP contribution in [0, 0.1) is 6.92 Å². The second-order valence-corrected chi connectivity index (χ2v) is 3.82. The van der Waals surface area contributed by atoms with E-state index >= 15 is 0 Å². The Balaban J connectivity index is 2.39. The van der Waals surface area contributed by atoms with E-state index in [1.165, 1.54) is 0 Å².